The molecule has 1 aliphatic rings. The predicted octanol–water partition coefficient (Wildman–Crippen LogP) is 7.06. The number of methoxy groups -OCH3 is 1. The first-order valence-electron chi connectivity index (χ1n) is 14.5. The molecule has 0 radical (unpaired) electrons. The van der Waals surface area contributed by atoms with Gasteiger partial charge in [0.1, 0.15) is 41.0 Å². The van der Waals surface area contributed by atoms with Crippen LogP contribution in [0.3, 0.4) is 0 Å². The second-order valence-electron chi connectivity index (χ2n) is 11.9. The number of rotatable bonds is 8. The molecule has 0 fully saturated rings. The lowest BCUT2D eigenvalue weighted by atomic mass is 9.98. The minimum Gasteiger partial charge on any atom is -0.490 e. The van der Waals surface area contributed by atoms with Gasteiger partial charge in [-0.15, -0.1) is 11.3 Å². The largest absolute Gasteiger partial charge is 0.534 e. The van der Waals surface area contributed by atoms with E-state index in [4.69, 9.17) is 14.2 Å². The van der Waals surface area contributed by atoms with Crippen LogP contribution in [0.5, 0.6) is 11.6 Å². The maximum absolute atomic E-state index is 15.8. The smallest absolute Gasteiger partial charge is 0.490 e. The lowest BCUT2D eigenvalue weighted by molar-refractivity contribution is -0.0500. The fourth-order valence-corrected chi connectivity index (χ4v) is 6.68. The molecular formula is C30H31F5N4O7S2. The number of carbonyl (C=O) groups is 1. The summed E-state index contributed by atoms with van der Waals surface area (Å²) >= 11 is 0.920. The molecule has 1 aliphatic heterocycles. The van der Waals surface area contributed by atoms with E-state index >= 15 is 4.39 Å². The molecule has 3 aromatic heterocycles. The Balaban J connectivity index is 1.76. The molecule has 0 spiro atoms. The lowest BCUT2D eigenvalue weighted by Gasteiger charge is -2.39. The number of hydrogen-bond donors (Lipinski definition) is 0. The van der Waals surface area contributed by atoms with Gasteiger partial charge in [-0.1, -0.05) is 0 Å². The second-order valence-corrected chi connectivity index (χ2v) is 14.4. The number of amides is 1. The average Bonchev–Trinajstić information content (AvgIpc) is 3.60. The van der Waals surface area contributed by atoms with Crippen molar-refractivity contribution in [2.45, 2.75) is 64.4 Å². The Bertz CT molecular complexity index is 1970. The Hall–Kier alpha value is -4.03. The van der Waals surface area contributed by atoms with Crippen molar-refractivity contribution in [1.82, 2.24) is 19.7 Å². The van der Waals surface area contributed by atoms with Crippen molar-refractivity contribution in [1.29, 1.82) is 0 Å². The molecule has 5 rings (SSSR count). The Kier molecular flexibility index (Phi) is 9.39. The number of ether oxygens (including phenoxy) is 3. The molecule has 2 unspecified atom stereocenters. The van der Waals surface area contributed by atoms with Crippen LogP contribution in [0.2, 0.25) is 0 Å². The van der Waals surface area contributed by atoms with E-state index in [0.717, 1.165) is 17.4 Å². The summed E-state index contributed by atoms with van der Waals surface area (Å²) in [5.41, 5.74) is -6.80. The molecule has 4 aromatic rings. The van der Waals surface area contributed by atoms with Gasteiger partial charge in [-0.2, -0.15) is 26.7 Å². The lowest BCUT2D eigenvalue weighted by Crippen LogP contribution is -2.48. The number of fused-ring (bicyclic) bond motifs is 2. The van der Waals surface area contributed by atoms with Crippen LogP contribution in [-0.2, 0) is 26.1 Å². The third kappa shape index (κ3) is 6.78. The highest BCUT2D eigenvalue weighted by atomic mass is 32.2. The molecule has 48 heavy (non-hydrogen) atoms. The summed E-state index contributed by atoms with van der Waals surface area (Å²) in [6, 6.07) is 3.23. The topological polar surface area (TPSA) is 122 Å². The molecule has 0 N–H and O–H groups in total. The third-order valence-electron chi connectivity index (χ3n) is 7.27. The molecule has 1 aromatic carbocycles. The zero-order chi connectivity index (χ0) is 35.3. The standard InChI is InChI=1S/C30H31F5N4O7S2/c1-15-14-38-21(16(2)39(15)28(40)45-29(3,4)5)13-20(37-38)25-24(23-19(32)11-17(31)12-22(23)44-9-8-43-6)26-18(7-10-47-26)27(36-25)46-48(41,42)30(33,34)35/h7,10-13,15-16H,8-9,14H2,1-6H3. The summed E-state index contributed by atoms with van der Waals surface area (Å²) in [7, 11) is -4.79. The minimum absolute atomic E-state index is 0.0267. The van der Waals surface area contributed by atoms with Crippen molar-refractivity contribution in [2.75, 3.05) is 20.3 Å². The fourth-order valence-electron chi connectivity index (χ4n) is 5.31. The molecular weight excluding hydrogens is 687 g/mol. The number of pyridine rings is 1. The van der Waals surface area contributed by atoms with Crippen LogP contribution >= 0.6 is 11.3 Å². The van der Waals surface area contributed by atoms with Crippen molar-refractivity contribution in [2.24, 2.45) is 0 Å². The van der Waals surface area contributed by atoms with Gasteiger partial charge >= 0.3 is 21.7 Å². The molecule has 0 saturated carbocycles. The van der Waals surface area contributed by atoms with Crippen molar-refractivity contribution in [3.63, 3.8) is 0 Å². The highest BCUT2D eigenvalue weighted by molar-refractivity contribution is 7.88. The van der Waals surface area contributed by atoms with Gasteiger partial charge in [0.25, 0.3) is 0 Å². The van der Waals surface area contributed by atoms with Crippen LogP contribution in [0, 0.1) is 11.6 Å². The number of hydrogen-bond acceptors (Lipinski definition) is 10. The number of alkyl halides is 3. The van der Waals surface area contributed by atoms with Gasteiger partial charge in [0, 0.05) is 24.8 Å². The Morgan fingerprint density at radius 2 is 1.79 bits per heavy atom. The molecule has 260 valence electrons. The van der Waals surface area contributed by atoms with Crippen LogP contribution in [0.1, 0.15) is 46.4 Å². The Labute approximate surface area is 276 Å². The van der Waals surface area contributed by atoms with E-state index < -0.39 is 56.9 Å². The maximum atomic E-state index is 15.8. The maximum Gasteiger partial charge on any atom is 0.534 e. The first kappa shape index (κ1) is 35.3. The Morgan fingerprint density at radius 3 is 2.44 bits per heavy atom. The second kappa shape index (κ2) is 12.8. The highest BCUT2D eigenvalue weighted by Gasteiger charge is 2.49. The van der Waals surface area contributed by atoms with E-state index in [9.17, 15) is 30.8 Å². The van der Waals surface area contributed by atoms with Crippen LogP contribution in [0.4, 0.5) is 26.7 Å². The van der Waals surface area contributed by atoms with E-state index in [1.54, 1.807) is 39.3 Å². The van der Waals surface area contributed by atoms with Gasteiger partial charge in [-0.3, -0.25) is 9.58 Å². The van der Waals surface area contributed by atoms with Gasteiger partial charge < -0.3 is 18.4 Å². The van der Waals surface area contributed by atoms with E-state index in [1.807, 2.05) is 0 Å². The van der Waals surface area contributed by atoms with E-state index in [1.165, 1.54) is 29.5 Å². The normalized spacial score (nSPS) is 17.0. The zero-order valence-electron chi connectivity index (χ0n) is 26.5. The van der Waals surface area contributed by atoms with Crippen LogP contribution in [-0.4, -0.2) is 71.7 Å². The summed E-state index contributed by atoms with van der Waals surface area (Å²) in [5.74, 6) is -3.28. The number of benzene rings is 1. The van der Waals surface area contributed by atoms with Crippen LogP contribution < -0.4 is 8.92 Å². The quantitative estimate of drug-likeness (QED) is 0.0816. The SMILES string of the molecule is COCCOc1cc(F)cc(F)c1-c1c(-c2cc3n(n2)CC(C)N(C(=O)OC(C)(C)C)C3C)nc(OS(=O)(=O)C(F)(F)F)c2ccsc12. The van der Waals surface area contributed by atoms with Gasteiger partial charge in [0.05, 0.1) is 46.6 Å². The third-order valence-corrected chi connectivity index (χ3v) is 9.15. The minimum atomic E-state index is -6.19. The molecule has 0 saturated heterocycles. The van der Waals surface area contributed by atoms with Crippen LogP contribution in [0.25, 0.3) is 32.6 Å². The first-order valence-corrected chi connectivity index (χ1v) is 16.7. The van der Waals surface area contributed by atoms with Crippen molar-refractivity contribution >= 4 is 37.6 Å². The molecule has 0 bridgehead atoms. The fraction of sp³-hybridized carbons (Fsp3) is 0.433. The summed E-state index contributed by atoms with van der Waals surface area (Å²) in [4.78, 5) is 18.9. The number of thiophene rings is 1. The van der Waals surface area contributed by atoms with Gasteiger partial charge in [-0.05, 0) is 52.1 Å². The molecule has 18 heteroatoms. The summed E-state index contributed by atoms with van der Waals surface area (Å²) in [6.07, 6.45) is -0.588. The first-order chi connectivity index (χ1) is 22.3. The van der Waals surface area contributed by atoms with Crippen LogP contribution in [0.15, 0.2) is 29.6 Å². The van der Waals surface area contributed by atoms with Gasteiger partial charge in [0.2, 0.25) is 5.88 Å². The Morgan fingerprint density at radius 1 is 1.08 bits per heavy atom. The molecule has 1 amide bonds. The monoisotopic (exact) mass is 718 g/mol. The van der Waals surface area contributed by atoms with Gasteiger partial charge in [-0.25, -0.2) is 18.6 Å². The predicted molar refractivity (Wildman–Crippen MR) is 165 cm³/mol. The number of nitrogens with zero attached hydrogens (tertiary/aromatic N) is 4. The molecule has 11 nitrogen and oxygen atoms in total. The molecule has 2 atom stereocenters. The average molecular weight is 719 g/mol. The van der Waals surface area contributed by atoms with E-state index in [2.05, 4.69) is 14.3 Å². The van der Waals surface area contributed by atoms with Crippen molar-refractivity contribution in [3.8, 4) is 34.1 Å². The van der Waals surface area contributed by atoms with Gasteiger partial charge in [0.15, 0.2) is 0 Å². The van der Waals surface area contributed by atoms with Crippen molar-refractivity contribution in [3.05, 3.63) is 47.0 Å². The summed E-state index contributed by atoms with van der Waals surface area (Å²) in [6.45, 7) is 8.76. The van der Waals surface area contributed by atoms with E-state index in [0.29, 0.717) is 11.8 Å². The molecule has 0 aliphatic carbocycles. The summed E-state index contributed by atoms with van der Waals surface area (Å²) < 4.78 is 117. The summed E-state index contributed by atoms with van der Waals surface area (Å²) in [5, 5.41) is 5.82. The van der Waals surface area contributed by atoms with E-state index in [-0.39, 0.29) is 58.1 Å². The zero-order valence-corrected chi connectivity index (χ0v) is 28.1. The number of carbonyl (C=O) groups excluding carboxylic acids is 1. The van der Waals surface area contributed by atoms with Crippen molar-refractivity contribution < 1.29 is 53.6 Å². The molecule has 4 heterocycles. The highest BCUT2D eigenvalue weighted by Crippen LogP contribution is 2.48. The number of aromatic nitrogens is 3. The number of halogens is 5.